The highest BCUT2D eigenvalue weighted by Gasteiger charge is 2.17. The highest BCUT2D eigenvalue weighted by Crippen LogP contribution is 2.30. The molecule has 1 saturated heterocycles. The second-order valence-electron chi connectivity index (χ2n) is 9.02. The number of morpholine rings is 1. The van der Waals surface area contributed by atoms with Gasteiger partial charge in [-0.1, -0.05) is 41.1 Å². The fraction of sp³-hybridized carbons (Fsp3) is 0.407. The molecule has 0 N–H and O–H groups in total. The molecule has 2 aromatic heterocycles. The zero-order chi connectivity index (χ0) is 22.8. The lowest BCUT2D eigenvalue weighted by molar-refractivity contribution is 0.0364. The van der Waals surface area contributed by atoms with Crippen molar-refractivity contribution >= 4 is 11.0 Å². The number of ether oxygens (including phenoxy) is 1. The van der Waals surface area contributed by atoms with Crippen molar-refractivity contribution in [1.82, 2.24) is 19.6 Å². The van der Waals surface area contributed by atoms with E-state index in [9.17, 15) is 0 Å². The van der Waals surface area contributed by atoms with Crippen molar-refractivity contribution in [1.29, 1.82) is 0 Å². The maximum absolute atomic E-state index is 5.52. The number of imidazole rings is 1. The van der Waals surface area contributed by atoms with Crippen LogP contribution in [0.5, 0.6) is 0 Å². The molecule has 1 aliphatic heterocycles. The summed E-state index contributed by atoms with van der Waals surface area (Å²) >= 11 is 0. The molecule has 4 aromatic rings. The Morgan fingerprint density at radius 2 is 1.70 bits per heavy atom. The quantitative estimate of drug-likeness (QED) is 0.412. The highest BCUT2D eigenvalue weighted by atomic mass is 16.5. The molecule has 6 heteroatoms. The van der Waals surface area contributed by atoms with Gasteiger partial charge in [0.2, 0.25) is 0 Å². The Kier molecular flexibility index (Phi) is 6.29. The summed E-state index contributed by atoms with van der Waals surface area (Å²) in [6.45, 7) is 11.7. The van der Waals surface area contributed by atoms with Gasteiger partial charge in [0.15, 0.2) is 0 Å². The van der Waals surface area contributed by atoms with Crippen molar-refractivity contribution in [3.8, 4) is 11.1 Å². The second-order valence-corrected chi connectivity index (χ2v) is 9.02. The van der Waals surface area contributed by atoms with Gasteiger partial charge in [-0.05, 0) is 50.5 Å². The van der Waals surface area contributed by atoms with Gasteiger partial charge >= 0.3 is 0 Å². The van der Waals surface area contributed by atoms with Gasteiger partial charge in [0.05, 0.1) is 29.9 Å². The van der Waals surface area contributed by atoms with Crippen LogP contribution in [0, 0.1) is 20.8 Å². The third-order valence-electron chi connectivity index (χ3n) is 6.65. The van der Waals surface area contributed by atoms with E-state index in [-0.39, 0.29) is 0 Å². The molecule has 3 heterocycles. The summed E-state index contributed by atoms with van der Waals surface area (Å²) in [6.07, 6.45) is 1.90. The summed E-state index contributed by atoms with van der Waals surface area (Å²) in [7, 11) is 0. The number of fused-ring (bicyclic) bond motifs is 1. The van der Waals surface area contributed by atoms with E-state index in [4.69, 9.17) is 14.2 Å². The molecule has 0 aliphatic carbocycles. The number of aryl methyl sites for hydroxylation is 5. The number of benzene rings is 2. The van der Waals surface area contributed by atoms with Gasteiger partial charge in [-0.25, -0.2) is 4.98 Å². The van der Waals surface area contributed by atoms with Crippen molar-refractivity contribution in [3.05, 3.63) is 70.9 Å². The molecule has 0 amide bonds. The number of aromatic nitrogens is 3. The molecule has 2 aromatic carbocycles. The van der Waals surface area contributed by atoms with E-state index in [1.165, 1.54) is 16.6 Å². The predicted molar refractivity (Wildman–Crippen MR) is 131 cm³/mol. The van der Waals surface area contributed by atoms with Crippen molar-refractivity contribution in [2.75, 3.05) is 32.8 Å². The van der Waals surface area contributed by atoms with Gasteiger partial charge in [-0.2, -0.15) is 0 Å². The molecular weight excluding hydrogens is 412 g/mol. The Hall–Kier alpha value is -2.96. The molecule has 33 heavy (non-hydrogen) atoms. The van der Waals surface area contributed by atoms with E-state index >= 15 is 0 Å². The van der Waals surface area contributed by atoms with E-state index < -0.39 is 0 Å². The zero-order valence-corrected chi connectivity index (χ0v) is 19.8. The average Bonchev–Trinajstić information content (AvgIpc) is 3.36. The van der Waals surface area contributed by atoms with Gasteiger partial charge in [0.1, 0.15) is 11.6 Å². The van der Waals surface area contributed by atoms with Gasteiger partial charge in [-0.15, -0.1) is 0 Å². The van der Waals surface area contributed by atoms with E-state index in [0.717, 1.165) is 86.2 Å². The average molecular weight is 445 g/mol. The van der Waals surface area contributed by atoms with Crippen LogP contribution in [0.2, 0.25) is 0 Å². The van der Waals surface area contributed by atoms with Crippen molar-refractivity contribution in [2.45, 2.75) is 40.2 Å². The van der Waals surface area contributed by atoms with Crippen LogP contribution >= 0.6 is 0 Å². The first-order valence-electron chi connectivity index (χ1n) is 11.9. The van der Waals surface area contributed by atoms with Crippen LogP contribution in [0.1, 0.15) is 28.4 Å². The molecule has 0 spiro atoms. The van der Waals surface area contributed by atoms with Crippen LogP contribution in [0.15, 0.2) is 47.0 Å². The van der Waals surface area contributed by atoms with E-state index in [1.54, 1.807) is 0 Å². The number of nitrogens with zero attached hydrogens (tertiary/aromatic N) is 4. The first kappa shape index (κ1) is 21.9. The fourth-order valence-corrected chi connectivity index (χ4v) is 4.75. The minimum Gasteiger partial charge on any atom is -0.379 e. The molecule has 172 valence electrons. The minimum atomic E-state index is 0.825. The van der Waals surface area contributed by atoms with Crippen molar-refractivity contribution < 1.29 is 9.26 Å². The lowest BCUT2D eigenvalue weighted by atomic mass is 10.0. The number of hydrogen-bond donors (Lipinski definition) is 0. The Morgan fingerprint density at radius 3 is 2.42 bits per heavy atom. The molecule has 0 bridgehead atoms. The van der Waals surface area contributed by atoms with E-state index in [0.29, 0.717) is 0 Å². The highest BCUT2D eigenvalue weighted by molar-refractivity contribution is 5.83. The van der Waals surface area contributed by atoms with Gasteiger partial charge in [0, 0.05) is 38.2 Å². The van der Waals surface area contributed by atoms with E-state index in [1.807, 2.05) is 13.8 Å². The topological polar surface area (TPSA) is 56.3 Å². The zero-order valence-electron chi connectivity index (χ0n) is 19.8. The summed E-state index contributed by atoms with van der Waals surface area (Å²) in [5.41, 5.74) is 7.97. The van der Waals surface area contributed by atoms with E-state index in [2.05, 4.69) is 64.0 Å². The normalized spacial score (nSPS) is 14.9. The molecular formula is C27H32N4O2. The number of rotatable bonds is 7. The van der Waals surface area contributed by atoms with Crippen LogP contribution < -0.4 is 0 Å². The summed E-state index contributed by atoms with van der Waals surface area (Å²) < 4.78 is 13.3. The molecule has 6 nitrogen and oxygen atoms in total. The Balaban J connectivity index is 1.45. The molecule has 0 radical (unpaired) electrons. The van der Waals surface area contributed by atoms with Gasteiger partial charge in [-0.3, -0.25) is 4.90 Å². The van der Waals surface area contributed by atoms with Crippen LogP contribution in [-0.4, -0.2) is 52.5 Å². The smallest absolute Gasteiger partial charge is 0.141 e. The Bertz CT molecular complexity index is 1210. The fourth-order valence-electron chi connectivity index (χ4n) is 4.75. The van der Waals surface area contributed by atoms with Crippen molar-refractivity contribution in [2.24, 2.45) is 0 Å². The number of hydrogen-bond acceptors (Lipinski definition) is 5. The molecule has 1 fully saturated rings. The van der Waals surface area contributed by atoms with Crippen LogP contribution in [-0.2, 0) is 24.1 Å². The summed E-state index contributed by atoms with van der Waals surface area (Å²) in [5, 5.41) is 4.13. The Labute approximate surface area is 195 Å². The molecule has 0 saturated carbocycles. The largest absolute Gasteiger partial charge is 0.379 e. The summed E-state index contributed by atoms with van der Waals surface area (Å²) in [4.78, 5) is 7.59. The molecule has 5 rings (SSSR count). The van der Waals surface area contributed by atoms with Crippen LogP contribution in [0.25, 0.3) is 22.2 Å². The second kappa shape index (κ2) is 9.49. The van der Waals surface area contributed by atoms with Crippen LogP contribution in [0.4, 0.5) is 0 Å². The maximum Gasteiger partial charge on any atom is 0.141 e. The van der Waals surface area contributed by atoms with Gasteiger partial charge in [0.25, 0.3) is 0 Å². The third-order valence-corrected chi connectivity index (χ3v) is 6.65. The van der Waals surface area contributed by atoms with Crippen LogP contribution in [0.3, 0.4) is 0 Å². The molecule has 0 atom stereocenters. The van der Waals surface area contributed by atoms with Gasteiger partial charge < -0.3 is 13.8 Å². The molecule has 0 unspecified atom stereocenters. The minimum absolute atomic E-state index is 0.825. The summed E-state index contributed by atoms with van der Waals surface area (Å²) in [5.74, 6) is 1.99. The SMILES string of the molecule is Cc1ccc(CCc2nc3cc(-c4c(C)noc4C)ccc3n2CCN2CCOCC2)cc1. The lowest BCUT2D eigenvalue weighted by Crippen LogP contribution is -2.38. The third kappa shape index (κ3) is 4.72. The lowest BCUT2D eigenvalue weighted by Gasteiger charge is -2.27. The maximum atomic E-state index is 5.52. The predicted octanol–water partition coefficient (Wildman–Crippen LogP) is 4.73. The standard InChI is InChI=1S/C27H32N4O2/c1-19-4-6-22(7-5-19)8-11-26-28-24-18-23(27-20(2)29-33-21(27)3)9-10-25(24)31(26)13-12-30-14-16-32-17-15-30/h4-7,9-10,18H,8,11-17H2,1-3H3. The first-order chi connectivity index (χ1) is 16.1. The first-order valence-corrected chi connectivity index (χ1v) is 11.9. The van der Waals surface area contributed by atoms with Crippen molar-refractivity contribution in [3.63, 3.8) is 0 Å². The Morgan fingerprint density at radius 1 is 0.909 bits per heavy atom. The summed E-state index contributed by atoms with van der Waals surface area (Å²) in [6, 6.07) is 15.4. The monoisotopic (exact) mass is 444 g/mol. The molecule has 1 aliphatic rings.